The number of carbonyl (C=O) groups excluding carboxylic acids is 1. The van der Waals surface area contributed by atoms with Crippen molar-refractivity contribution in [1.29, 1.82) is 0 Å². The predicted molar refractivity (Wildman–Crippen MR) is 123 cm³/mol. The fourth-order valence-electron chi connectivity index (χ4n) is 4.53. The zero-order chi connectivity index (χ0) is 21.8. The van der Waals surface area contributed by atoms with Crippen molar-refractivity contribution in [2.45, 2.75) is 51.2 Å². The highest BCUT2D eigenvalue weighted by Crippen LogP contribution is 2.43. The number of hydrogen-bond acceptors (Lipinski definition) is 4. The van der Waals surface area contributed by atoms with Crippen LogP contribution in [0.5, 0.6) is 0 Å². The molecule has 0 aromatic heterocycles. The van der Waals surface area contributed by atoms with Gasteiger partial charge in [-0.2, -0.15) is 0 Å². The number of amides is 1. The normalized spacial score (nSPS) is 28.2. The predicted octanol–water partition coefficient (Wildman–Crippen LogP) is 5.76. The second-order valence-electron chi connectivity index (χ2n) is 8.39. The second-order valence-corrected chi connectivity index (χ2v) is 10.00. The van der Waals surface area contributed by atoms with Gasteiger partial charge in [0.25, 0.3) is 0 Å². The zero-order valence-corrected chi connectivity index (χ0v) is 19.1. The van der Waals surface area contributed by atoms with Crippen LogP contribution in [0.3, 0.4) is 0 Å². The molecule has 1 aromatic rings. The molecule has 2 aliphatic rings. The van der Waals surface area contributed by atoms with Gasteiger partial charge in [-0.05, 0) is 54.9 Å². The van der Waals surface area contributed by atoms with Crippen LogP contribution < -0.4 is 0 Å². The van der Waals surface area contributed by atoms with Gasteiger partial charge >= 0.3 is 5.97 Å². The summed E-state index contributed by atoms with van der Waals surface area (Å²) < 4.78 is 0. The Morgan fingerprint density at radius 2 is 2.03 bits per heavy atom. The molecule has 30 heavy (non-hydrogen) atoms. The van der Waals surface area contributed by atoms with Crippen LogP contribution in [0.25, 0.3) is 0 Å². The van der Waals surface area contributed by atoms with Gasteiger partial charge < -0.3 is 5.11 Å². The maximum atomic E-state index is 12.9. The molecule has 1 saturated heterocycles. The summed E-state index contributed by atoms with van der Waals surface area (Å²) in [6.07, 6.45) is 4.58. The van der Waals surface area contributed by atoms with E-state index in [1.54, 1.807) is 29.2 Å². The van der Waals surface area contributed by atoms with E-state index in [0.29, 0.717) is 40.2 Å². The molecule has 162 valence electrons. The van der Waals surface area contributed by atoms with Gasteiger partial charge in [0, 0.05) is 11.6 Å². The lowest BCUT2D eigenvalue weighted by Crippen LogP contribution is -2.45. The maximum Gasteiger partial charge on any atom is 0.317 e. The quantitative estimate of drug-likeness (QED) is 0.538. The monoisotopic (exact) mass is 448 g/mol. The molecule has 0 bridgehead atoms. The number of nitrogens with zero attached hydrogens (tertiary/aromatic N) is 2. The Labute approximate surface area is 187 Å². The Bertz CT molecular complexity index is 839. The van der Waals surface area contributed by atoms with E-state index in [2.05, 4.69) is 25.4 Å². The van der Waals surface area contributed by atoms with Crippen molar-refractivity contribution in [2.24, 2.45) is 22.7 Å². The van der Waals surface area contributed by atoms with Crippen LogP contribution in [0.15, 0.2) is 41.4 Å². The number of rotatable bonds is 7. The minimum Gasteiger partial charge on any atom is -0.480 e. The lowest BCUT2D eigenvalue weighted by Gasteiger charge is -2.33. The van der Waals surface area contributed by atoms with E-state index >= 15 is 0 Å². The molecule has 5 nitrogen and oxygen atoms in total. The van der Waals surface area contributed by atoms with Gasteiger partial charge in [-0.1, -0.05) is 62.2 Å². The smallest absolute Gasteiger partial charge is 0.317 e. The third kappa shape index (κ3) is 5.46. The Morgan fingerprint density at radius 3 is 2.67 bits per heavy atom. The average molecular weight is 449 g/mol. The Morgan fingerprint density at radius 1 is 1.33 bits per heavy atom. The van der Waals surface area contributed by atoms with Gasteiger partial charge in [0.05, 0.1) is 12.1 Å². The summed E-state index contributed by atoms with van der Waals surface area (Å²) in [6, 6.07) is 6.97. The molecule has 0 spiro atoms. The SMILES string of the molecule is C=C(CN1C(=O)CC(C(=O)O)S/C1=N/c1ccc(Cl)cc1)C1CC(C)CC1CCC. The molecule has 4 unspecified atom stereocenters. The Hall–Kier alpha value is -1.79. The summed E-state index contributed by atoms with van der Waals surface area (Å²) in [4.78, 5) is 30.7. The molecule has 1 saturated carbocycles. The van der Waals surface area contributed by atoms with Crippen molar-refractivity contribution in [3.05, 3.63) is 41.4 Å². The molecular formula is C23H29ClN2O3S. The van der Waals surface area contributed by atoms with E-state index in [4.69, 9.17) is 11.6 Å². The maximum absolute atomic E-state index is 12.9. The van der Waals surface area contributed by atoms with Gasteiger partial charge in [-0.15, -0.1) is 0 Å². The highest BCUT2D eigenvalue weighted by atomic mass is 35.5. The molecule has 0 radical (unpaired) electrons. The number of aliphatic imine (C=N–C) groups is 1. The Balaban J connectivity index is 1.84. The number of benzene rings is 1. The van der Waals surface area contributed by atoms with Crippen LogP contribution in [0, 0.1) is 17.8 Å². The minimum atomic E-state index is -0.997. The molecule has 1 N–H and O–H groups in total. The average Bonchev–Trinajstić information content (AvgIpc) is 3.06. The number of amidine groups is 1. The first-order valence-corrected chi connectivity index (χ1v) is 11.8. The van der Waals surface area contributed by atoms with Crippen LogP contribution in [0.1, 0.15) is 46.0 Å². The van der Waals surface area contributed by atoms with Gasteiger partial charge in [0.15, 0.2) is 5.17 Å². The summed E-state index contributed by atoms with van der Waals surface area (Å²) in [7, 11) is 0. The van der Waals surface area contributed by atoms with E-state index in [-0.39, 0.29) is 12.3 Å². The minimum absolute atomic E-state index is 0.0353. The molecule has 3 rings (SSSR count). The third-order valence-corrected chi connectivity index (χ3v) is 7.37. The van der Waals surface area contributed by atoms with Crippen molar-refractivity contribution in [1.82, 2.24) is 4.90 Å². The fraction of sp³-hybridized carbons (Fsp3) is 0.522. The van der Waals surface area contributed by atoms with Crippen molar-refractivity contribution in [3.63, 3.8) is 0 Å². The van der Waals surface area contributed by atoms with E-state index in [9.17, 15) is 14.7 Å². The lowest BCUT2D eigenvalue weighted by atomic mass is 9.86. The third-order valence-electron chi connectivity index (χ3n) is 5.94. The molecule has 1 amide bonds. The number of halogens is 1. The van der Waals surface area contributed by atoms with Crippen molar-refractivity contribution >= 4 is 46.1 Å². The van der Waals surface area contributed by atoms with E-state index in [0.717, 1.165) is 30.2 Å². The number of hydrogen-bond donors (Lipinski definition) is 1. The number of carboxylic acids is 1. The van der Waals surface area contributed by atoms with Crippen molar-refractivity contribution in [3.8, 4) is 0 Å². The molecule has 7 heteroatoms. The summed E-state index contributed by atoms with van der Waals surface area (Å²) in [6.45, 7) is 9.22. The van der Waals surface area contributed by atoms with Crippen LogP contribution in [0.2, 0.25) is 5.02 Å². The molecule has 1 aliphatic carbocycles. The summed E-state index contributed by atoms with van der Waals surface area (Å²) in [5.74, 6) is 0.449. The molecule has 1 heterocycles. The van der Waals surface area contributed by atoms with Gasteiger partial charge in [-0.3, -0.25) is 14.5 Å². The first-order valence-electron chi connectivity index (χ1n) is 10.5. The lowest BCUT2D eigenvalue weighted by molar-refractivity contribution is -0.139. The first-order chi connectivity index (χ1) is 14.3. The topological polar surface area (TPSA) is 70.0 Å². The fourth-order valence-corrected chi connectivity index (χ4v) is 5.69. The van der Waals surface area contributed by atoms with E-state index in [1.165, 1.54) is 12.8 Å². The number of carboxylic acid groups (broad SMARTS) is 1. The number of thioether (sulfide) groups is 1. The van der Waals surface area contributed by atoms with Gasteiger partial charge in [0.1, 0.15) is 5.25 Å². The Kier molecular flexibility index (Phi) is 7.64. The molecule has 4 atom stereocenters. The summed E-state index contributed by atoms with van der Waals surface area (Å²) in [5, 5.41) is 9.64. The standard InChI is InChI=1S/C23H29ClN2O3S/c1-4-5-16-10-14(2)11-19(16)15(3)13-26-21(27)12-20(22(28)29)30-23(26)25-18-8-6-17(24)7-9-18/h6-9,14,16,19-20H,3-5,10-13H2,1-2H3,(H,28,29)/b25-23+. The first kappa shape index (κ1) is 22.9. The number of aliphatic carboxylic acids is 1. The molecule has 1 aromatic carbocycles. The summed E-state index contributed by atoms with van der Waals surface area (Å²) in [5.41, 5.74) is 1.68. The molecule has 2 fully saturated rings. The second kappa shape index (κ2) is 10.0. The van der Waals surface area contributed by atoms with Crippen molar-refractivity contribution in [2.75, 3.05) is 6.54 Å². The zero-order valence-electron chi connectivity index (χ0n) is 17.5. The van der Waals surface area contributed by atoms with Crippen molar-refractivity contribution < 1.29 is 14.7 Å². The summed E-state index contributed by atoms with van der Waals surface area (Å²) >= 11 is 7.08. The van der Waals surface area contributed by atoms with Crippen LogP contribution in [-0.4, -0.2) is 38.8 Å². The van der Waals surface area contributed by atoms with Crippen LogP contribution in [-0.2, 0) is 9.59 Å². The highest BCUT2D eigenvalue weighted by Gasteiger charge is 2.38. The van der Waals surface area contributed by atoms with Crippen LogP contribution in [0.4, 0.5) is 5.69 Å². The largest absolute Gasteiger partial charge is 0.480 e. The van der Waals surface area contributed by atoms with Gasteiger partial charge in [-0.25, -0.2) is 4.99 Å². The molecule has 1 aliphatic heterocycles. The molecular weight excluding hydrogens is 420 g/mol. The van der Waals surface area contributed by atoms with Crippen LogP contribution >= 0.6 is 23.4 Å². The highest BCUT2D eigenvalue weighted by molar-refractivity contribution is 8.15. The number of carbonyl (C=O) groups is 2. The van der Waals surface area contributed by atoms with E-state index < -0.39 is 11.2 Å². The van der Waals surface area contributed by atoms with E-state index in [1.807, 2.05) is 0 Å². The van der Waals surface area contributed by atoms with Gasteiger partial charge in [0.2, 0.25) is 5.91 Å².